The number of aromatic nitrogens is 1. The van der Waals surface area contributed by atoms with Crippen LogP contribution in [0.2, 0.25) is 0 Å². The highest BCUT2D eigenvalue weighted by atomic mass is 32.1. The van der Waals surface area contributed by atoms with Gasteiger partial charge in [-0.1, -0.05) is 0 Å². The molecule has 62 valence electrons. The molecule has 0 radical (unpaired) electrons. The quantitative estimate of drug-likeness (QED) is 0.742. The third kappa shape index (κ3) is 1.99. The fraction of sp³-hybridized carbons (Fsp3) is 0.571. The zero-order chi connectivity index (χ0) is 8.27. The van der Waals surface area contributed by atoms with E-state index in [4.69, 9.17) is 10.5 Å². The van der Waals surface area contributed by atoms with Crippen LogP contribution in [0.5, 0.6) is 0 Å². The van der Waals surface area contributed by atoms with Gasteiger partial charge in [-0.15, -0.1) is 11.3 Å². The predicted octanol–water partition coefficient (Wildman–Crippen LogP) is 1.10. The van der Waals surface area contributed by atoms with E-state index in [-0.39, 0.29) is 6.04 Å². The fourth-order valence-corrected chi connectivity index (χ4v) is 1.71. The Hall–Kier alpha value is -0.450. The first-order valence-electron chi connectivity index (χ1n) is 3.40. The number of nitrogens with zero attached hydrogens (tertiary/aromatic N) is 1. The lowest BCUT2D eigenvalue weighted by molar-refractivity contribution is 0.181. The van der Waals surface area contributed by atoms with Gasteiger partial charge in [-0.05, 0) is 6.92 Å². The molecule has 0 fully saturated rings. The Morgan fingerprint density at radius 2 is 2.55 bits per heavy atom. The van der Waals surface area contributed by atoms with Crippen molar-refractivity contribution in [3.05, 3.63) is 16.1 Å². The highest BCUT2D eigenvalue weighted by Gasteiger charge is 2.10. The smallest absolute Gasteiger partial charge is 0.0798 e. The van der Waals surface area contributed by atoms with Gasteiger partial charge in [-0.25, -0.2) is 4.98 Å². The van der Waals surface area contributed by atoms with Gasteiger partial charge in [-0.2, -0.15) is 0 Å². The molecule has 1 unspecified atom stereocenters. The maximum atomic E-state index is 5.80. The molecule has 0 spiro atoms. The minimum atomic E-state index is -0.0208. The third-order valence-electron chi connectivity index (χ3n) is 1.47. The monoisotopic (exact) mass is 172 g/mol. The van der Waals surface area contributed by atoms with Crippen molar-refractivity contribution in [2.45, 2.75) is 13.0 Å². The van der Waals surface area contributed by atoms with E-state index >= 15 is 0 Å². The molecule has 4 heteroatoms. The fourth-order valence-electron chi connectivity index (χ4n) is 0.922. The zero-order valence-corrected chi connectivity index (χ0v) is 7.52. The van der Waals surface area contributed by atoms with Crippen molar-refractivity contribution in [2.24, 2.45) is 5.73 Å². The van der Waals surface area contributed by atoms with E-state index in [1.807, 2.05) is 6.92 Å². The van der Waals surface area contributed by atoms with E-state index in [0.717, 1.165) is 10.6 Å². The van der Waals surface area contributed by atoms with Crippen LogP contribution in [0, 0.1) is 6.92 Å². The minimum Gasteiger partial charge on any atom is -0.383 e. The Balaban J connectivity index is 2.67. The number of nitrogens with two attached hydrogens (primary N) is 1. The summed E-state index contributed by atoms with van der Waals surface area (Å²) in [6.07, 6.45) is 0. The van der Waals surface area contributed by atoms with Crippen molar-refractivity contribution in [1.82, 2.24) is 4.98 Å². The zero-order valence-electron chi connectivity index (χ0n) is 6.70. The molecule has 0 aliphatic rings. The maximum absolute atomic E-state index is 5.80. The molecular weight excluding hydrogens is 160 g/mol. The van der Waals surface area contributed by atoms with E-state index in [9.17, 15) is 0 Å². The highest BCUT2D eigenvalue weighted by Crippen LogP contribution is 2.19. The standard InChI is InChI=1S/C7H12N2OS/c1-5-7(11-4-9-5)6(8)3-10-2/h4,6H,3,8H2,1-2H3. The second kappa shape index (κ2) is 3.80. The van der Waals surface area contributed by atoms with Crippen LogP contribution < -0.4 is 5.73 Å². The molecule has 2 N–H and O–H groups in total. The molecule has 0 saturated heterocycles. The topological polar surface area (TPSA) is 48.1 Å². The van der Waals surface area contributed by atoms with Gasteiger partial charge in [0.1, 0.15) is 0 Å². The second-order valence-electron chi connectivity index (χ2n) is 2.36. The van der Waals surface area contributed by atoms with Crippen LogP contribution in [0.1, 0.15) is 16.6 Å². The average molecular weight is 172 g/mol. The van der Waals surface area contributed by atoms with Gasteiger partial charge in [0.15, 0.2) is 0 Å². The van der Waals surface area contributed by atoms with Crippen LogP contribution in [0.3, 0.4) is 0 Å². The maximum Gasteiger partial charge on any atom is 0.0798 e. The average Bonchev–Trinajstić information content (AvgIpc) is 2.36. The SMILES string of the molecule is COCC(N)c1scnc1C. The van der Waals surface area contributed by atoms with Gasteiger partial charge in [0.05, 0.1) is 23.9 Å². The molecular formula is C7H12N2OS. The summed E-state index contributed by atoms with van der Waals surface area (Å²) in [7, 11) is 1.65. The lowest BCUT2D eigenvalue weighted by Gasteiger charge is -2.07. The number of aryl methyl sites for hydroxylation is 1. The van der Waals surface area contributed by atoms with Crippen LogP contribution in [0.15, 0.2) is 5.51 Å². The van der Waals surface area contributed by atoms with Crippen molar-refractivity contribution in [2.75, 3.05) is 13.7 Å². The van der Waals surface area contributed by atoms with Gasteiger partial charge in [-0.3, -0.25) is 0 Å². The number of hydrogen-bond donors (Lipinski definition) is 1. The first-order chi connectivity index (χ1) is 5.25. The molecule has 1 aromatic rings. The van der Waals surface area contributed by atoms with Gasteiger partial charge in [0.2, 0.25) is 0 Å². The Morgan fingerprint density at radius 1 is 1.82 bits per heavy atom. The summed E-state index contributed by atoms with van der Waals surface area (Å²) >= 11 is 1.58. The van der Waals surface area contributed by atoms with Crippen molar-refractivity contribution in [1.29, 1.82) is 0 Å². The number of rotatable bonds is 3. The highest BCUT2D eigenvalue weighted by molar-refractivity contribution is 7.09. The van der Waals surface area contributed by atoms with Gasteiger partial charge in [0.25, 0.3) is 0 Å². The summed E-state index contributed by atoms with van der Waals surface area (Å²) in [6, 6.07) is -0.0208. The van der Waals surface area contributed by atoms with Crippen molar-refractivity contribution in [3.8, 4) is 0 Å². The van der Waals surface area contributed by atoms with Crippen molar-refractivity contribution < 1.29 is 4.74 Å². The Bertz CT molecular complexity index is 224. The normalized spacial score (nSPS) is 13.4. The number of thiazole rings is 1. The van der Waals surface area contributed by atoms with E-state index in [0.29, 0.717) is 6.61 Å². The lowest BCUT2D eigenvalue weighted by atomic mass is 10.2. The minimum absolute atomic E-state index is 0.0208. The molecule has 0 saturated carbocycles. The number of methoxy groups -OCH3 is 1. The molecule has 1 atom stereocenters. The van der Waals surface area contributed by atoms with Crippen LogP contribution >= 0.6 is 11.3 Å². The lowest BCUT2D eigenvalue weighted by Crippen LogP contribution is -2.15. The molecule has 0 aliphatic carbocycles. The first-order valence-corrected chi connectivity index (χ1v) is 4.28. The number of ether oxygens (including phenoxy) is 1. The van der Waals surface area contributed by atoms with E-state index in [1.54, 1.807) is 24.0 Å². The molecule has 1 heterocycles. The van der Waals surface area contributed by atoms with Gasteiger partial charge < -0.3 is 10.5 Å². The van der Waals surface area contributed by atoms with E-state index in [2.05, 4.69) is 4.98 Å². The summed E-state index contributed by atoms with van der Waals surface area (Å²) in [5.41, 5.74) is 8.62. The third-order valence-corrected chi connectivity index (χ3v) is 2.53. The molecule has 11 heavy (non-hydrogen) atoms. The molecule has 0 bridgehead atoms. The Kier molecular flexibility index (Phi) is 2.99. The Morgan fingerprint density at radius 3 is 3.00 bits per heavy atom. The largest absolute Gasteiger partial charge is 0.383 e. The molecule has 1 aromatic heterocycles. The second-order valence-corrected chi connectivity index (χ2v) is 3.25. The number of hydrogen-bond acceptors (Lipinski definition) is 4. The van der Waals surface area contributed by atoms with Crippen molar-refractivity contribution >= 4 is 11.3 Å². The van der Waals surface area contributed by atoms with Crippen LogP contribution in [-0.4, -0.2) is 18.7 Å². The summed E-state index contributed by atoms with van der Waals surface area (Å²) in [4.78, 5) is 5.22. The van der Waals surface area contributed by atoms with Crippen LogP contribution in [0.25, 0.3) is 0 Å². The van der Waals surface area contributed by atoms with Gasteiger partial charge >= 0.3 is 0 Å². The van der Waals surface area contributed by atoms with E-state index in [1.165, 1.54) is 0 Å². The Labute approximate surface area is 70.2 Å². The first kappa shape index (κ1) is 8.64. The molecule has 0 amide bonds. The summed E-state index contributed by atoms with van der Waals surface area (Å²) < 4.78 is 4.94. The van der Waals surface area contributed by atoms with Gasteiger partial charge in [0, 0.05) is 12.0 Å². The summed E-state index contributed by atoms with van der Waals surface area (Å²) in [5.74, 6) is 0. The van der Waals surface area contributed by atoms with Crippen LogP contribution in [0.4, 0.5) is 0 Å². The van der Waals surface area contributed by atoms with E-state index < -0.39 is 0 Å². The summed E-state index contributed by atoms with van der Waals surface area (Å²) in [5, 5.41) is 0. The molecule has 0 aromatic carbocycles. The predicted molar refractivity (Wildman–Crippen MR) is 45.7 cm³/mol. The molecule has 1 rings (SSSR count). The summed E-state index contributed by atoms with van der Waals surface area (Å²) in [6.45, 7) is 2.52. The molecule has 3 nitrogen and oxygen atoms in total. The van der Waals surface area contributed by atoms with Crippen molar-refractivity contribution in [3.63, 3.8) is 0 Å². The molecule has 0 aliphatic heterocycles. The van der Waals surface area contributed by atoms with Crippen LogP contribution in [-0.2, 0) is 4.74 Å².